The minimum Gasteiger partial charge on any atom is -0.354 e. The van der Waals surface area contributed by atoms with Gasteiger partial charge in [0.25, 0.3) is 0 Å². The molecule has 1 rings (SSSR count). The number of hydrogen-bond acceptors (Lipinski definition) is 4. The zero-order chi connectivity index (χ0) is 14.6. The van der Waals surface area contributed by atoms with Gasteiger partial charge in [0.2, 0.25) is 17.7 Å². The standard InChI is InChI=1S/C13H23N3O3/c1-8(2)15-11(17)5-6-14-10-7-12(18)16(9(3)4)13(10)19/h8-10,14H,5-7H2,1-4H3,(H,15,17). The Morgan fingerprint density at radius 2 is 1.95 bits per heavy atom. The topological polar surface area (TPSA) is 78.5 Å². The zero-order valence-electron chi connectivity index (χ0n) is 12.0. The lowest BCUT2D eigenvalue weighted by atomic mass is 10.2. The van der Waals surface area contributed by atoms with Crippen LogP contribution in [-0.4, -0.2) is 47.3 Å². The van der Waals surface area contributed by atoms with E-state index in [4.69, 9.17) is 0 Å². The molecule has 1 aliphatic rings. The molecule has 1 fully saturated rings. The molecule has 0 aromatic rings. The number of carbonyl (C=O) groups excluding carboxylic acids is 3. The molecule has 0 spiro atoms. The highest BCUT2D eigenvalue weighted by Gasteiger charge is 2.39. The van der Waals surface area contributed by atoms with Crippen molar-refractivity contribution < 1.29 is 14.4 Å². The van der Waals surface area contributed by atoms with Crippen molar-refractivity contribution in [2.24, 2.45) is 0 Å². The highest BCUT2D eigenvalue weighted by Crippen LogP contribution is 2.15. The minimum atomic E-state index is -0.484. The van der Waals surface area contributed by atoms with Gasteiger partial charge in [-0.3, -0.25) is 19.3 Å². The number of carbonyl (C=O) groups is 3. The third-order valence-electron chi connectivity index (χ3n) is 2.89. The number of hydrogen-bond donors (Lipinski definition) is 2. The van der Waals surface area contributed by atoms with E-state index in [9.17, 15) is 14.4 Å². The first-order valence-corrected chi connectivity index (χ1v) is 6.71. The fourth-order valence-electron chi connectivity index (χ4n) is 2.11. The maximum absolute atomic E-state index is 12.0. The molecule has 1 heterocycles. The SMILES string of the molecule is CC(C)NC(=O)CCNC1CC(=O)N(C(C)C)C1=O. The molecule has 0 aromatic heterocycles. The van der Waals surface area contributed by atoms with E-state index in [2.05, 4.69) is 10.6 Å². The van der Waals surface area contributed by atoms with Crippen molar-refractivity contribution in [2.75, 3.05) is 6.54 Å². The van der Waals surface area contributed by atoms with Gasteiger partial charge in [0.15, 0.2) is 0 Å². The molecule has 1 saturated heterocycles. The summed E-state index contributed by atoms with van der Waals surface area (Å²) in [6.07, 6.45) is 0.487. The van der Waals surface area contributed by atoms with E-state index in [0.717, 1.165) is 0 Å². The molecule has 0 bridgehead atoms. The van der Waals surface area contributed by atoms with E-state index in [1.54, 1.807) is 0 Å². The van der Waals surface area contributed by atoms with Crippen LogP contribution in [0.1, 0.15) is 40.5 Å². The van der Waals surface area contributed by atoms with Crippen molar-refractivity contribution in [1.29, 1.82) is 0 Å². The second kappa shape index (κ2) is 6.65. The maximum atomic E-state index is 12.0. The summed E-state index contributed by atoms with van der Waals surface area (Å²) in [6, 6.07) is -0.489. The number of nitrogens with one attached hydrogen (secondary N) is 2. The Kier molecular flexibility index (Phi) is 5.47. The van der Waals surface area contributed by atoms with Gasteiger partial charge in [-0.1, -0.05) is 0 Å². The van der Waals surface area contributed by atoms with Crippen molar-refractivity contribution >= 4 is 17.7 Å². The van der Waals surface area contributed by atoms with Crippen molar-refractivity contribution in [3.8, 4) is 0 Å². The van der Waals surface area contributed by atoms with Gasteiger partial charge in [-0.05, 0) is 27.7 Å². The van der Waals surface area contributed by atoms with Gasteiger partial charge < -0.3 is 10.6 Å². The molecule has 0 aromatic carbocycles. The summed E-state index contributed by atoms with van der Waals surface area (Å²) in [5.41, 5.74) is 0. The normalized spacial score (nSPS) is 19.7. The second-order valence-corrected chi connectivity index (χ2v) is 5.38. The van der Waals surface area contributed by atoms with Crippen LogP contribution in [0.2, 0.25) is 0 Å². The van der Waals surface area contributed by atoms with Gasteiger partial charge in [-0.2, -0.15) is 0 Å². The van der Waals surface area contributed by atoms with E-state index < -0.39 is 6.04 Å². The number of likely N-dealkylation sites (tertiary alicyclic amines) is 1. The molecular weight excluding hydrogens is 246 g/mol. The first-order chi connectivity index (χ1) is 8.82. The first kappa shape index (κ1) is 15.6. The summed E-state index contributed by atoms with van der Waals surface area (Å²) in [5, 5.41) is 5.75. The number of amides is 3. The lowest BCUT2D eigenvalue weighted by Crippen LogP contribution is -2.43. The molecule has 2 N–H and O–H groups in total. The van der Waals surface area contributed by atoms with E-state index in [1.807, 2.05) is 27.7 Å². The molecule has 6 heteroatoms. The second-order valence-electron chi connectivity index (χ2n) is 5.38. The minimum absolute atomic E-state index is 0.0556. The van der Waals surface area contributed by atoms with Crippen LogP contribution in [0.4, 0.5) is 0 Å². The van der Waals surface area contributed by atoms with Gasteiger partial charge in [0.1, 0.15) is 0 Å². The fraction of sp³-hybridized carbons (Fsp3) is 0.769. The lowest BCUT2D eigenvalue weighted by Gasteiger charge is -2.19. The van der Waals surface area contributed by atoms with Crippen molar-refractivity contribution in [1.82, 2.24) is 15.5 Å². The van der Waals surface area contributed by atoms with Gasteiger partial charge in [0.05, 0.1) is 12.5 Å². The van der Waals surface area contributed by atoms with E-state index >= 15 is 0 Å². The third-order valence-corrected chi connectivity index (χ3v) is 2.89. The summed E-state index contributed by atoms with van der Waals surface area (Å²) < 4.78 is 0. The van der Waals surface area contributed by atoms with Gasteiger partial charge in [-0.15, -0.1) is 0 Å². The lowest BCUT2D eigenvalue weighted by molar-refractivity contribution is -0.140. The Labute approximate surface area is 113 Å². The molecular formula is C13H23N3O3. The zero-order valence-corrected chi connectivity index (χ0v) is 12.0. The van der Waals surface area contributed by atoms with Crippen LogP contribution in [0.3, 0.4) is 0 Å². The van der Waals surface area contributed by atoms with Crippen LogP contribution in [0.5, 0.6) is 0 Å². The van der Waals surface area contributed by atoms with Crippen molar-refractivity contribution in [3.05, 3.63) is 0 Å². The fourth-order valence-corrected chi connectivity index (χ4v) is 2.11. The highest BCUT2D eigenvalue weighted by molar-refractivity contribution is 6.05. The summed E-state index contributed by atoms with van der Waals surface area (Å²) in [5.74, 6) is -0.395. The number of imide groups is 1. The van der Waals surface area contributed by atoms with Gasteiger partial charge in [-0.25, -0.2) is 0 Å². The van der Waals surface area contributed by atoms with E-state index in [-0.39, 0.29) is 36.2 Å². The van der Waals surface area contributed by atoms with Crippen LogP contribution in [-0.2, 0) is 14.4 Å². The Morgan fingerprint density at radius 3 is 2.42 bits per heavy atom. The maximum Gasteiger partial charge on any atom is 0.247 e. The smallest absolute Gasteiger partial charge is 0.247 e. The molecule has 1 atom stereocenters. The largest absolute Gasteiger partial charge is 0.354 e. The Morgan fingerprint density at radius 1 is 1.32 bits per heavy atom. The van der Waals surface area contributed by atoms with Crippen LogP contribution < -0.4 is 10.6 Å². The molecule has 0 radical (unpaired) electrons. The average molecular weight is 269 g/mol. The third kappa shape index (κ3) is 4.31. The predicted molar refractivity (Wildman–Crippen MR) is 71.3 cm³/mol. The molecule has 3 amide bonds. The van der Waals surface area contributed by atoms with E-state index in [0.29, 0.717) is 13.0 Å². The van der Waals surface area contributed by atoms with Crippen LogP contribution >= 0.6 is 0 Å². The van der Waals surface area contributed by atoms with Crippen LogP contribution in [0.15, 0.2) is 0 Å². The highest BCUT2D eigenvalue weighted by atomic mass is 16.2. The quantitative estimate of drug-likeness (QED) is 0.667. The molecule has 108 valence electrons. The summed E-state index contributed by atoms with van der Waals surface area (Å²) in [6.45, 7) is 7.81. The summed E-state index contributed by atoms with van der Waals surface area (Å²) in [7, 11) is 0. The summed E-state index contributed by atoms with van der Waals surface area (Å²) in [4.78, 5) is 36.3. The Balaban J connectivity index is 2.37. The van der Waals surface area contributed by atoms with Crippen LogP contribution in [0, 0.1) is 0 Å². The first-order valence-electron chi connectivity index (χ1n) is 6.71. The number of nitrogens with zero attached hydrogens (tertiary/aromatic N) is 1. The molecule has 0 saturated carbocycles. The van der Waals surface area contributed by atoms with Crippen molar-refractivity contribution in [3.63, 3.8) is 0 Å². The van der Waals surface area contributed by atoms with Gasteiger partial charge >= 0.3 is 0 Å². The molecule has 1 aliphatic heterocycles. The molecule has 19 heavy (non-hydrogen) atoms. The summed E-state index contributed by atoms with van der Waals surface area (Å²) >= 11 is 0. The Hall–Kier alpha value is -1.43. The average Bonchev–Trinajstić information content (AvgIpc) is 2.52. The number of rotatable bonds is 6. The molecule has 1 unspecified atom stereocenters. The van der Waals surface area contributed by atoms with Crippen LogP contribution in [0.25, 0.3) is 0 Å². The van der Waals surface area contributed by atoms with E-state index in [1.165, 1.54) is 4.90 Å². The Bertz CT molecular complexity index is 366. The predicted octanol–water partition coefficient (Wildman–Crippen LogP) is 0.0266. The molecule has 6 nitrogen and oxygen atoms in total. The molecule has 0 aliphatic carbocycles. The van der Waals surface area contributed by atoms with Crippen molar-refractivity contribution in [2.45, 2.75) is 58.7 Å². The van der Waals surface area contributed by atoms with Gasteiger partial charge in [0, 0.05) is 25.0 Å². The monoisotopic (exact) mass is 269 g/mol.